The number of rotatable bonds is 3. The Bertz CT molecular complexity index is 697. The molecule has 0 radical (unpaired) electrons. The predicted octanol–water partition coefficient (Wildman–Crippen LogP) is 3.17. The number of likely N-dealkylation sites (tertiary alicyclic amines) is 1. The maximum absolute atomic E-state index is 12.9. The van der Waals surface area contributed by atoms with Crippen LogP contribution in [0.5, 0.6) is 0 Å². The number of carbonyl (C=O) groups excluding carboxylic acids is 1. The summed E-state index contributed by atoms with van der Waals surface area (Å²) in [4.78, 5) is 24.3. The van der Waals surface area contributed by atoms with Gasteiger partial charge in [-0.15, -0.1) is 11.3 Å². The summed E-state index contributed by atoms with van der Waals surface area (Å²) in [5, 5.41) is 4.00. The molecule has 1 aliphatic heterocycles. The summed E-state index contributed by atoms with van der Waals surface area (Å²) >= 11 is 1.49. The monoisotopic (exact) mass is 316 g/mol. The molecule has 1 saturated heterocycles. The minimum atomic E-state index is 0.105. The number of nitrogens with one attached hydrogen (secondary N) is 1. The molecule has 0 aliphatic carbocycles. The molecule has 0 spiro atoms. The molecular weight excluding hydrogens is 296 g/mol. The molecule has 2 aromatic rings. The van der Waals surface area contributed by atoms with Gasteiger partial charge in [-0.1, -0.05) is 0 Å². The van der Waals surface area contributed by atoms with Crippen LogP contribution in [-0.2, 0) is 0 Å². The van der Waals surface area contributed by atoms with Crippen LogP contribution in [0.2, 0.25) is 0 Å². The second-order valence-electron chi connectivity index (χ2n) is 5.53. The summed E-state index contributed by atoms with van der Waals surface area (Å²) in [6, 6.07) is 4.16. The van der Waals surface area contributed by atoms with Gasteiger partial charge in [0.05, 0.1) is 16.7 Å². The highest BCUT2D eigenvalue weighted by atomic mass is 32.1. The maximum atomic E-state index is 12.9. The molecule has 6 heteroatoms. The number of aryl methyl sites for hydroxylation is 2. The lowest BCUT2D eigenvalue weighted by Crippen LogP contribution is -2.30. The van der Waals surface area contributed by atoms with Gasteiger partial charge >= 0.3 is 0 Å². The van der Waals surface area contributed by atoms with E-state index in [-0.39, 0.29) is 11.9 Å². The summed E-state index contributed by atoms with van der Waals surface area (Å²) < 4.78 is 0. The van der Waals surface area contributed by atoms with E-state index in [1.165, 1.54) is 11.3 Å². The fraction of sp³-hybridized carbons (Fsp3) is 0.438. The molecule has 3 rings (SSSR count). The van der Waals surface area contributed by atoms with E-state index in [0.717, 1.165) is 46.3 Å². The predicted molar refractivity (Wildman–Crippen MR) is 88.4 cm³/mol. The molecule has 3 heterocycles. The number of aromatic nitrogens is 2. The van der Waals surface area contributed by atoms with Crippen LogP contribution in [-0.4, -0.2) is 34.4 Å². The number of nitrogens with zero attached hydrogens (tertiary/aromatic N) is 3. The lowest BCUT2D eigenvalue weighted by molar-refractivity contribution is 0.0739. The first kappa shape index (κ1) is 15.0. The van der Waals surface area contributed by atoms with Crippen molar-refractivity contribution in [2.75, 3.05) is 18.9 Å². The van der Waals surface area contributed by atoms with E-state index in [2.05, 4.69) is 15.3 Å². The number of hydrogen-bond acceptors (Lipinski definition) is 5. The van der Waals surface area contributed by atoms with Crippen LogP contribution in [0, 0.1) is 13.8 Å². The van der Waals surface area contributed by atoms with Crippen LogP contribution in [0.3, 0.4) is 0 Å². The highest BCUT2D eigenvalue weighted by molar-refractivity contribution is 7.13. The van der Waals surface area contributed by atoms with Gasteiger partial charge in [-0.2, -0.15) is 0 Å². The molecule has 5 nitrogen and oxygen atoms in total. The molecule has 0 aromatic carbocycles. The summed E-state index contributed by atoms with van der Waals surface area (Å²) in [5.74, 6) is 0.940. The first-order valence-electron chi connectivity index (χ1n) is 7.49. The molecule has 1 fully saturated rings. The molecule has 1 N–H and O–H groups in total. The molecule has 1 aliphatic rings. The molecule has 2 aromatic heterocycles. The third kappa shape index (κ3) is 2.70. The first-order chi connectivity index (χ1) is 10.6. The smallest absolute Gasteiger partial charge is 0.266 e. The average molecular weight is 316 g/mol. The van der Waals surface area contributed by atoms with Gasteiger partial charge in [-0.05, 0) is 44.4 Å². The highest BCUT2D eigenvalue weighted by Gasteiger charge is 2.32. The number of amides is 1. The minimum absolute atomic E-state index is 0.105. The van der Waals surface area contributed by atoms with Crippen LogP contribution in [0.15, 0.2) is 18.3 Å². The average Bonchev–Trinajstić information content (AvgIpc) is 3.13. The number of carbonyl (C=O) groups is 1. The lowest BCUT2D eigenvalue weighted by atomic mass is 10.1. The van der Waals surface area contributed by atoms with E-state index in [1.54, 1.807) is 6.20 Å². The Hall–Kier alpha value is -1.95. The van der Waals surface area contributed by atoms with E-state index in [9.17, 15) is 4.79 Å². The largest absolute Gasteiger partial charge is 0.373 e. The Morgan fingerprint density at radius 2 is 2.27 bits per heavy atom. The fourth-order valence-electron chi connectivity index (χ4n) is 3.01. The molecule has 22 heavy (non-hydrogen) atoms. The van der Waals surface area contributed by atoms with Gasteiger partial charge in [0.25, 0.3) is 5.91 Å². The van der Waals surface area contributed by atoms with Crippen molar-refractivity contribution in [3.8, 4) is 0 Å². The van der Waals surface area contributed by atoms with Crippen molar-refractivity contribution in [3.05, 3.63) is 39.5 Å². The van der Waals surface area contributed by atoms with Crippen molar-refractivity contribution in [1.29, 1.82) is 0 Å². The molecule has 0 bridgehead atoms. The van der Waals surface area contributed by atoms with Gasteiger partial charge in [-0.25, -0.2) is 9.97 Å². The highest BCUT2D eigenvalue weighted by Crippen LogP contribution is 2.35. The molecule has 0 saturated carbocycles. The van der Waals surface area contributed by atoms with Crippen LogP contribution >= 0.6 is 11.3 Å². The Kier molecular flexibility index (Phi) is 4.11. The van der Waals surface area contributed by atoms with Gasteiger partial charge in [0, 0.05) is 19.8 Å². The molecular formula is C16H20N4OS. The van der Waals surface area contributed by atoms with Crippen molar-refractivity contribution in [2.24, 2.45) is 0 Å². The molecule has 1 atom stereocenters. The Morgan fingerprint density at radius 1 is 1.45 bits per heavy atom. The van der Waals surface area contributed by atoms with E-state index < -0.39 is 0 Å². The molecule has 1 unspecified atom stereocenters. The molecule has 1 amide bonds. The Labute approximate surface area is 134 Å². The third-order valence-electron chi connectivity index (χ3n) is 4.04. The van der Waals surface area contributed by atoms with Crippen LogP contribution < -0.4 is 5.32 Å². The van der Waals surface area contributed by atoms with Crippen LogP contribution in [0.1, 0.15) is 44.8 Å². The van der Waals surface area contributed by atoms with Gasteiger partial charge < -0.3 is 10.2 Å². The Balaban J connectivity index is 1.89. The van der Waals surface area contributed by atoms with E-state index >= 15 is 0 Å². The minimum Gasteiger partial charge on any atom is -0.373 e. The van der Waals surface area contributed by atoms with Gasteiger partial charge in [0.2, 0.25) is 0 Å². The van der Waals surface area contributed by atoms with Crippen LogP contribution in [0.25, 0.3) is 0 Å². The van der Waals surface area contributed by atoms with Gasteiger partial charge in [0.1, 0.15) is 10.7 Å². The summed E-state index contributed by atoms with van der Waals surface area (Å²) in [6.45, 7) is 4.66. The number of pyridine rings is 1. The second kappa shape index (κ2) is 6.04. The van der Waals surface area contributed by atoms with Crippen molar-refractivity contribution in [3.63, 3.8) is 0 Å². The third-order valence-corrected chi connectivity index (χ3v) is 5.10. The lowest BCUT2D eigenvalue weighted by Gasteiger charge is -2.25. The van der Waals surface area contributed by atoms with Gasteiger partial charge in [-0.3, -0.25) is 4.79 Å². The molecule has 116 valence electrons. The SMILES string of the molecule is CNc1cc(C2CCCN2C(=O)c2sc(C)nc2C)ccn1. The summed E-state index contributed by atoms with van der Waals surface area (Å²) in [5.41, 5.74) is 1.98. The van der Waals surface area contributed by atoms with E-state index in [1.807, 2.05) is 37.9 Å². The zero-order valence-corrected chi connectivity index (χ0v) is 13.9. The number of hydrogen-bond donors (Lipinski definition) is 1. The van der Waals surface area contributed by atoms with Gasteiger partial charge in [0.15, 0.2) is 0 Å². The Morgan fingerprint density at radius 3 is 2.95 bits per heavy atom. The van der Waals surface area contributed by atoms with E-state index in [0.29, 0.717) is 0 Å². The first-order valence-corrected chi connectivity index (χ1v) is 8.30. The standard InChI is InChI=1S/C16H20N4OS/c1-10-15(22-11(2)19-10)16(21)20-8-4-5-13(20)12-6-7-18-14(9-12)17-3/h6-7,9,13H,4-5,8H2,1-3H3,(H,17,18). The number of anilines is 1. The zero-order valence-electron chi connectivity index (χ0n) is 13.1. The van der Waals surface area contributed by atoms with Crippen molar-refractivity contribution in [1.82, 2.24) is 14.9 Å². The normalized spacial score (nSPS) is 17.8. The van der Waals surface area contributed by atoms with Crippen molar-refractivity contribution < 1.29 is 4.79 Å². The quantitative estimate of drug-likeness (QED) is 0.945. The topological polar surface area (TPSA) is 58.1 Å². The second-order valence-corrected chi connectivity index (χ2v) is 6.73. The fourth-order valence-corrected chi connectivity index (χ4v) is 3.88. The summed E-state index contributed by atoms with van der Waals surface area (Å²) in [6.07, 6.45) is 3.82. The maximum Gasteiger partial charge on any atom is 0.266 e. The zero-order chi connectivity index (χ0) is 15.7. The van der Waals surface area contributed by atoms with Crippen molar-refractivity contribution in [2.45, 2.75) is 32.7 Å². The van der Waals surface area contributed by atoms with Crippen molar-refractivity contribution >= 4 is 23.1 Å². The summed E-state index contributed by atoms with van der Waals surface area (Å²) in [7, 11) is 1.85. The number of thiazole rings is 1. The van der Waals surface area contributed by atoms with E-state index in [4.69, 9.17) is 0 Å². The van der Waals surface area contributed by atoms with Crippen LogP contribution in [0.4, 0.5) is 5.82 Å².